The third kappa shape index (κ3) is 9.43. The molecule has 7 nitrogen and oxygen atoms in total. The Morgan fingerprint density at radius 1 is 0.931 bits per heavy atom. The predicted octanol–water partition coefficient (Wildman–Crippen LogP) is 3.73. The van der Waals surface area contributed by atoms with Crippen LogP contribution in [0.3, 0.4) is 0 Å². The van der Waals surface area contributed by atoms with E-state index >= 15 is 0 Å². The van der Waals surface area contributed by atoms with Crippen molar-refractivity contribution in [3.05, 3.63) is 12.7 Å². The molecule has 166 valence electrons. The van der Waals surface area contributed by atoms with Crippen LogP contribution in [-0.4, -0.2) is 48.9 Å². The van der Waals surface area contributed by atoms with Crippen LogP contribution in [0.1, 0.15) is 72.6 Å². The van der Waals surface area contributed by atoms with Crippen LogP contribution in [0.25, 0.3) is 0 Å². The Morgan fingerprint density at radius 2 is 1.52 bits per heavy atom. The SMILES string of the molecule is C=CCCCCCCCC(C)[C@@H]1O[C@H](COC(C)=O)[C@@H](OC(C)=O)[C@@H]1OC(C)=O. The smallest absolute Gasteiger partial charge is 0.303 e. The van der Waals surface area contributed by atoms with Crippen LogP contribution >= 0.6 is 0 Å². The Labute approximate surface area is 174 Å². The number of carbonyl (C=O) groups excluding carboxylic acids is 3. The molecule has 1 unspecified atom stereocenters. The van der Waals surface area contributed by atoms with Crippen LogP contribution in [0.4, 0.5) is 0 Å². The Kier molecular flexibility index (Phi) is 11.6. The van der Waals surface area contributed by atoms with Gasteiger partial charge in [0.1, 0.15) is 18.8 Å². The van der Waals surface area contributed by atoms with Crippen molar-refractivity contribution in [2.24, 2.45) is 5.92 Å². The zero-order valence-electron chi connectivity index (χ0n) is 18.2. The molecule has 1 aliphatic heterocycles. The quantitative estimate of drug-likeness (QED) is 0.197. The molecule has 0 amide bonds. The van der Waals surface area contributed by atoms with Crippen molar-refractivity contribution >= 4 is 17.9 Å². The van der Waals surface area contributed by atoms with E-state index in [1.54, 1.807) is 0 Å². The summed E-state index contributed by atoms with van der Waals surface area (Å²) >= 11 is 0. The van der Waals surface area contributed by atoms with Gasteiger partial charge in [-0.05, 0) is 25.2 Å². The number of hydrogen-bond donors (Lipinski definition) is 0. The first-order chi connectivity index (χ1) is 13.8. The van der Waals surface area contributed by atoms with E-state index in [-0.39, 0.29) is 12.5 Å². The van der Waals surface area contributed by atoms with Gasteiger partial charge in [0, 0.05) is 20.8 Å². The molecule has 5 atom stereocenters. The van der Waals surface area contributed by atoms with Crippen molar-refractivity contribution in [3.63, 3.8) is 0 Å². The summed E-state index contributed by atoms with van der Waals surface area (Å²) in [5.74, 6) is -1.33. The van der Waals surface area contributed by atoms with Crippen molar-refractivity contribution in [1.29, 1.82) is 0 Å². The van der Waals surface area contributed by atoms with Crippen molar-refractivity contribution < 1.29 is 33.3 Å². The highest BCUT2D eigenvalue weighted by Crippen LogP contribution is 2.33. The highest BCUT2D eigenvalue weighted by atomic mass is 16.6. The molecule has 7 heteroatoms. The second kappa shape index (κ2) is 13.4. The van der Waals surface area contributed by atoms with Gasteiger partial charge >= 0.3 is 17.9 Å². The molecule has 0 spiro atoms. The van der Waals surface area contributed by atoms with Crippen LogP contribution in [0, 0.1) is 5.92 Å². The molecular formula is C22H36O7. The average Bonchev–Trinajstić information content (AvgIpc) is 2.95. The minimum Gasteiger partial charge on any atom is -0.463 e. The molecule has 0 aliphatic carbocycles. The van der Waals surface area contributed by atoms with Gasteiger partial charge in [-0.3, -0.25) is 14.4 Å². The molecule has 1 rings (SSSR count). The van der Waals surface area contributed by atoms with Crippen molar-refractivity contribution in [3.8, 4) is 0 Å². The fraction of sp³-hybridized carbons (Fsp3) is 0.773. The van der Waals surface area contributed by atoms with Crippen LogP contribution < -0.4 is 0 Å². The predicted molar refractivity (Wildman–Crippen MR) is 108 cm³/mol. The van der Waals surface area contributed by atoms with Crippen molar-refractivity contribution in [1.82, 2.24) is 0 Å². The third-order valence-corrected chi connectivity index (χ3v) is 5.03. The molecule has 0 radical (unpaired) electrons. The molecule has 29 heavy (non-hydrogen) atoms. The molecule has 0 aromatic carbocycles. The lowest BCUT2D eigenvalue weighted by molar-refractivity contribution is -0.166. The Balaban J connectivity index is 2.71. The molecule has 0 aromatic rings. The standard InChI is InChI=1S/C22H36O7/c1-6-7-8-9-10-11-12-13-15(2)20-22(28-18(5)25)21(27-17(4)24)19(29-20)14-26-16(3)23/h6,15,19-22H,1,7-14H2,2-5H3/t15?,19-,20+,21-,22-/m1/s1. The van der Waals surface area contributed by atoms with E-state index in [1.165, 1.54) is 40.0 Å². The van der Waals surface area contributed by atoms with Gasteiger partial charge in [0.05, 0.1) is 0 Å². The molecule has 1 aliphatic rings. The fourth-order valence-electron chi connectivity index (χ4n) is 3.66. The summed E-state index contributed by atoms with van der Waals surface area (Å²) in [6.45, 7) is 9.62. The highest BCUT2D eigenvalue weighted by Gasteiger charge is 2.51. The summed E-state index contributed by atoms with van der Waals surface area (Å²) in [5.41, 5.74) is 0. The van der Waals surface area contributed by atoms with Gasteiger partial charge in [-0.2, -0.15) is 0 Å². The minimum atomic E-state index is -0.804. The molecule has 1 saturated heterocycles. The number of hydrogen-bond acceptors (Lipinski definition) is 7. The zero-order valence-corrected chi connectivity index (χ0v) is 18.2. The summed E-state index contributed by atoms with van der Waals surface area (Å²) in [5, 5.41) is 0. The van der Waals surface area contributed by atoms with E-state index < -0.39 is 42.3 Å². The minimum absolute atomic E-state index is 0.0580. The summed E-state index contributed by atoms with van der Waals surface area (Å²) < 4.78 is 22.0. The second-order valence-corrected chi connectivity index (χ2v) is 7.70. The van der Waals surface area contributed by atoms with E-state index in [9.17, 15) is 14.4 Å². The molecule has 0 bridgehead atoms. The Morgan fingerprint density at radius 3 is 2.10 bits per heavy atom. The Hall–Kier alpha value is -1.89. The summed E-state index contributed by atoms with van der Waals surface area (Å²) in [4.78, 5) is 34.4. The maximum atomic E-state index is 11.6. The van der Waals surface area contributed by atoms with Crippen LogP contribution in [0.15, 0.2) is 12.7 Å². The second-order valence-electron chi connectivity index (χ2n) is 7.70. The van der Waals surface area contributed by atoms with E-state index in [2.05, 4.69) is 6.58 Å². The van der Waals surface area contributed by atoms with E-state index in [1.807, 2.05) is 13.0 Å². The highest BCUT2D eigenvalue weighted by molar-refractivity contribution is 5.68. The van der Waals surface area contributed by atoms with E-state index in [0.717, 1.165) is 25.7 Å². The monoisotopic (exact) mass is 412 g/mol. The van der Waals surface area contributed by atoms with E-state index in [0.29, 0.717) is 0 Å². The van der Waals surface area contributed by atoms with Crippen LogP contribution in [-0.2, 0) is 33.3 Å². The third-order valence-electron chi connectivity index (χ3n) is 5.03. The maximum absolute atomic E-state index is 11.6. The first-order valence-corrected chi connectivity index (χ1v) is 10.5. The van der Waals surface area contributed by atoms with Gasteiger partial charge in [-0.15, -0.1) is 6.58 Å². The fourth-order valence-corrected chi connectivity index (χ4v) is 3.66. The van der Waals surface area contributed by atoms with E-state index in [4.69, 9.17) is 18.9 Å². The van der Waals surface area contributed by atoms with Crippen molar-refractivity contribution in [2.45, 2.75) is 97.1 Å². The topological polar surface area (TPSA) is 88.1 Å². The Bertz CT molecular complexity index is 545. The molecular weight excluding hydrogens is 376 g/mol. The van der Waals surface area contributed by atoms with Gasteiger partial charge in [0.2, 0.25) is 0 Å². The lowest BCUT2D eigenvalue weighted by Gasteiger charge is -2.26. The average molecular weight is 413 g/mol. The maximum Gasteiger partial charge on any atom is 0.303 e. The molecule has 1 fully saturated rings. The van der Waals surface area contributed by atoms with Gasteiger partial charge in [-0.25, -0.2) is 0 Å². The first-order valence-electron chi connectivity index (χ1n) is 10.5. The molecule has 0 N–H and O–H groups in total. The normalized spacial score (nSPS) is 24.6. The van der Waals surface area contributed by atoms with Crippen molar-refractivity contribution in [2.75, 3.05) is 6.61 Å². The van der Waals surface area contributed by atoms with Crippen LogP contribution in [0.2, 0.25) is 0 Å². The first kappa shape index (κ1) is 25.1. The van der Waals surface area contributed by atoms with Gasteiger partial charge in [-0.1, -0.05) is 38.7 Å². The number of rotatable bonds is 13. The molecule has 0 saturated carbocycles. The summed E-state index contributed by atoms with van der Waals surface area (Å²) in [6, 6.07) is 0. The van der Waals surface area contributed by atoms with Crippen LogP contribution in [0.5, 0.6) is 0 Å². The number of allylic oxidation sites excluding steroid dienone is 1. The van der Waals surface area contributed by atoms with Gasteiger partial charge in [0.15, 0.2) is 12.2 Å². The molecule has 0 aromatic heterocycles. The van der Waals surface area contributed by atoms with Gasteiger partial charge in [0.25, 0.3) is 0 Å². The number of carbonyl (C=O) groups is 3. The lowest BCUT2D eigenvalue weighted by Crippen LogP contribution is -2.42. The number of esters is 3. The lowest BCUT2D eigenvalue weighted by atomic mass is 9.92. The summed E-state index contributed by atoms with van der Waals surface area (Å²) in [6.07, 6.45) is 6.96. The summed E-state index contributed by atoms with van der Waals surface area (Å²) in [7, 11) is 0. The number of unbranched alkanes of at least 4 members (excludes halogenated alkanes) is 5. The molecule has 1 heterocycles. The van der Waals surface area contributed by atoms with Gasteiger partial charge < -0.3 is 18.9 Å². The number of ether oxygens (including phenoxy) is 4. The zero-order chi connectivity index (χ0) is 21.8. The largest absolute Gasteiger partial charge is 0.463 e.